The van der Waals surface area contributed by atoms with Gasteiger partial charge in [0.1, 0.15) is 5.82 Å². The van der Waals surface area contributed by atoms with E-state index in [1.54, 1.807) is 38.2 Å². The molecule has 1 amide bonds. The van der Waals surface area contributed by atoms with Crippen LogP contribution in [0.4, 0.5) is 5.69 Å². The molecule has 0 fully saturated rings. The predicted octanol–water partition coefficient (Wildman–Crippen LogP) is 3.16. The number of carbonyl (C=O) groups is 1. The Kier molecular flexibility index (Phi) is 4.81. The number of aromatic nitrogens is 3. The van der Waals surface area contributed by atoms with Gasteiger partial charge in [-0.25, -0.2) is 4.98 Å². The summed E-state index contributed by atoms with van der Waals surface area (Å²) >= 11 is 6.16. The summed E-state index contributed by atoms with van der Waals surface area (Å²) in [5.41, 5.74) is 2.20. The average Bonchev–Trinajstić information content (AvgIpc) is 2.57. The molecule has 0 aliphatic carbocycles. The number of anilines is 1. The third-order valence-electron chi connectivity index (χ3n) is 3.93. The molecule has 2 N–H and O–H groups in total. The molecule has 3 aromatic rings. The maximum atomic E-state index is 12.3. The smallest absolute Gasteiger partial charge is 0.254 e. The van der Waals surface area contributed by atoms with Gasteiger partial charge in [-0.2, -0.15) is 0 Å². The SMILES string of the molecule is Cc1nc(C)c(CCC(=O)Nc2ccc(Cl)c3cccnc23)c(=O)[nH]1. The topological polar surface area (TPSA) is 87.7 Å². The number of aryl methyl sites for hydroxylation is 2. The van der Waals surface area contributed by atoms with Crippen LogP contribution in [0.25, 0.3) is 10.9 Å². The van der Waals surface area contributed by atoms with Gasteiger partial charge in [0.2, 0.25) is 5.91 Å². The van der Waals surface area contributed by atoms with Crippen molar-refractivity contribution >= 4 is 34.1 Å². The van der Waals surface area contributed by atoms with E-state index in [1.165, 1.54) is 0 Å². The Balaban J connectivity index is 1.76. The number of nitrogens with one attached hydrogen (secondary N) is 2. The van der Waals surface area contributed by atoms with Gasteiger partial charge in [0.25, 0.3) is 5.56 Å². The van der Waals surface area contributed by atoms with Gasteiger partial charge in [0.05, 0.1) is 16.2 Å². The van der Waals surface area contributed by atoms with Crippen LogP contribution in [0.2, 0.25) is 5.02 Å². The van der Waals surface area contributed by atoms with Gasteiger partial charge in [-0.05, 0) is 44.5 Å². The second-order valence-electron chi connectivity index (χ2n) is 5.76. The molecule has 0 radical (unpaired) electrons. The van der Waals surface area contributed by atoms with Gasteiger partial charge in [-0.1, -0.05) is 11.6 Å². The fraction of sp³-hybridized carbons (Fsp3) is 0.222. The molecule has 3 rings (SSSR count). The molecule has 0 unspecified atom stereocenters. The molecule has 1 aromatic carbocycles. The highest BCUT2D eigenvalue weighted by molar-refractivity contribution is 6.35. The number of nitrogens with zero attached hydrogens (tertiary/aromatic N) is 2. The molecule has 2 aromatic heterocycles. The summed E-state index contributed by atoms with van der Waals surface area (Å²) in [6.07, 6.45) is 2.14. The van der Waals surface area contributed by atoms with Crippen LogP contribution >= 0.6 is 11.6 Å². The number of halogens is 1. The molecule has 0 aliphatic rings. The molecule has 25 heavy (non-hydrogen) atoms. The lowest BCUT2D eigenvalue weighted by atomic mass is 10.1. The minimum atomic E-state index is -0.200. The van der Waals surface area contributed by atoms with Crippen LogP contribution in [-0.4, -0.2) is 20.9 Å². The molecule has 2 heterocycles. The van der Waals surface area contributed by atoms with Crippen LogP contribution in [0.15, 0.2) is 35.3 Å². The van der Waals surface area contributed by atoms with Crippen LogP contribution in [0.3, 0.4) is 0 Å². The lowest BCUT2D eigenvalue weighted by molar-refractivity contribution is -0.116. The van der Waals surface area contributed by atoms with Crippen molar-refractivity contribution in [1.82, 2.24) is 15.0 Å². The lowest BCUT2D eigenvalue weighted by Gasteiger charge is -2.09. The van der Waals surface area contributed by atoms with Crippen LogP contribution in [0.5, 0.6) is 0 Å². The minimum Gasteiger partial charge on any atom is -0.324 e. The van der Waals surface area contributed by atoms with Crippen LogP contribution in [-0.2, 0) is 11.2 Å². The van der Waals surface area contributed by atoms with E-state index in [1.807, 2.05) is 6.07 Å². The molecule has 0 aliphatic heterocycles. The number of rotatable bonds is 4. The maximum Gasteiger partial charge on any atom is 0.254 e. The molecule has 0 spiro atoms. The number of amides is 1. The minimum absolute atomic E-state index is 0.172. The summed E-state index contributed by atoms with van der Waals surface area (Å²) in [6.45, 7) is 3.50. The van der Waals surface area contributed by atoms with Crippen molar-refractivity contribution in [2.75, 3.05) is 5.32 Å². The number of hydrogen-bond donors (Lipinski definition) is 2. The Morgan fingerprint density at radius 2 is 2.08 bits per heavy atom. The van der Waals surface area contributed by atoms with Crippen molar-refractivity contribution in [1.29, 1.82) is 0 Å². The Bertz CT molecular complexity index is 1010. The number of carbonyl (C=O) groups excluding carboxylic acids is 1. The zero-order valence-corrected chi connectivity index (χ0v) is 14.6. The van der Waals surface area contributed by atoms with E-state index in [9.17, 15) is 9.59 Å². The van der Waals surface area contributed by atoms with Crippen molar-refractivity contribution < 1.29 is 4.79 Å². The molecule has 128 valence electrons. The fourth-order valence-corrected chi connectivity index (χ4v) is 2.95. The van der Waals surface area contributed by atoms with Crippen molar-refractivity contribution in [3.63, 3.8) is 0 Å². The molecule has 7 heteroatoms. The Hall–Kier alpha value is -2.73. The summed E-state index contributed by atoms with van der Waals surface area (Å²) in [5, 5.41) is 4.19. The van der Waals surface area contributed by atoms with Crippen molar-refractivity contribution in [2.45, 2.75) is 26.7 Å². The van der Waals surface area contributed by atoms with Crippen LogP contribution < -0.4 is 10.9 Å². The number of hydrogen-bond acceptors (Lipinski definition) is 4. The molecule has 0 bridgehead atoms. The maximum absolute atomic E-state index is 12.3. The summed E-state index contributed by atoms with van der Waals surface area (Å²) < 4.78 is 0. The second-order valence-corrected chi connectivity index (χ2v) is 6.17. The summed E-state index contributed by atoms with van der Waals surface area (Å²) in [7, 11) is 0. The van der Waals surface area contributed by atoms with Gasteiger partial charge in [-0.15, -0.1) is 0 Å². The predicted molar refractivity (Wildman–Crippen MR) is 98.0 cm³/mol. The lowest BCUT2D eigenvalue weighted by Crippen LogP contribution is -2.20. The second kappa shape index (κ2) is 7.03. The van der Waals surface area contributed by atoms with Crippen LogP contribution in [0, 0.1) is 13.8 Å². The van der Waals surface area contributed by atoms with Gasteiger partial charge in [-0.3, -0.25) is 14.6 Å². The van der Waals surface area contributed by atoms with Gasteiger partial charge in [0, 0.05) is 29.3 Å². The highest BCUT2D eigenvalue weighted by Crippen LogP contribution is 2.28. The van der Waals surface area contributed by atoms with Gasteiger partial charge >= 0.3 is 0 Å². The quantitative estimate of drug-likeness (QED) is 0.751. The largest absolute Gasteiger partial charge is 0.324 e. The van der Waals surface area contributed by atoms with E-state index in [0.717, 1.165) is 5.39 Å². The summed E-state index contributed by atoms with van der Waals surface area (Å²) in [6, 6.07) is 7.08. The Morgan fingerprint density at radius 3 is 2.84 bits per heavy atom. The highest BCUT2D eigenvalue weighted by Gasteiger charge is 2.12. The third-order valence-corrected chi connectivity index (χ3v) is 4.26. The number of aromatic amines is 1. The standard InChI is InChI=1S/C18H17ClN4O2/c1-10-12(18(25)22-11(2)21-10)5-8-16(24)23-15-7-6-14(19)13-4-3-9-20-17(13)15/h3-4,6-7,9H,5,8H2,1-2H3,(H,23,24)(H,21,22,25). The van der Waals surface area contributed by atoms with Crippen LogP contribution in [0.1, 0.15) is 23.5 Å². The van der Waals surface area contributed by atoms with Crippen molar-refractivity contribution in [2.24, 2.45) is 0 Å². The first-order chi connectivity index (χ1) is 12.0. The number of H-pyrrole nitrogens is 1. The van der Waals surface area contributed by atoms with E-state index in [4.69, 9.17) is 11.6 Å². The zero-order chi connectivity index (χ0) is 18.0. The zero-order valence-electron chi connectivity index (χ0n) is 13.9. The fourth-order valence-electron chi connectivity index (χ4n) is 2.74. The Labute approximate surface area is 149 Å². The summed E-state index contributed by atoms with van der Waals surface area (Å²) in [4.78, 5) is 35.5. The van der Waals surface area contributed by atoms with Gasteiger partial charge in [0.15, 0.2) is 0 Å². The molecule has 0 atom stereocenters. The first-order valence-electron chi connectivity index (χ1n) is 7.85. The molecule has 0 saturated carbocycles. The first-order valence-corrected chi connectivity index (χ1v) is 8.23. The van der Waals surface area contributed by atoms with Gasteiger partial charge < -0.3 is 10.3 Å². The number of benzene rings is 1. The van der Waals surface area contributed by atoms with Crippen molar-refractivity contribution in [3.8, 4) is 0 Å². The Morgan fingerprint density at radius 1 is 1.28 bits per heavy atom. The summed E-state index contributed by atoms with van der Waals surface area (Å²) in [5.74, 6) is 0.364. The average molecular weight is 357 g/mol. The normalized spacial score (nSPS) is 10.8. The molecule has 0 saturated heterocycles. The van der Waals surface area contributed by atoms with Crippen molar-refractivity contribution in [3.05, 3.63) is 62.9 Å². The number of fused-ring (bicyclic) bond motifs is 1. The highest BCUT2D eigenvalue weighted by atomic mass is 35.5. The monoisotopic (exact) mass is 356 g/mol. The van der Waals surface area contributed by atoms with E-state index in [-0.39, 0.29) is 17.9 Å². The first kappa shape index (κ1) is 17.1. The molecule has 6 nitrogen and oxygen atoms in total. The molecular weight excluding hydrogens is 340 g/mol. The van der Waals surface area contributed by atoms with E-state index >= 15 is 0 Å². The van der Waals surface area contributed by atoms with E-state index in [0.29, 0.717) is 39.7 Å². The third kappa shape index (κ3) is 3.69. The number of pyridine rings is 1. The van der Waals surface area contributed by atoms with E-state index < -0.39 is 0 Å². The molecular formula is C18H17ClN4O2. The van der Waals surface area contributed by atoms with E-state index in [2.05, 4.69) is 20.3 Å².